The van der Waals surface area contributed by atoms with Crippen LogP contribution in [0, 0.1) is 13.8 Å². The van der Waals surface area contributed by atoms with Gasteiger partial charge in [0.1, 0.15) is 6.54 Å². The number of hydrogen-bond acceptors (Lipinski definition) is 4. The fourth-order valence-electron chi connectivity index (χ4n) is 3.26. The Bertz CT molecular complexity index is 934. The highest BCUT2D eigenvalue weighted by Crippen LogP contribution is 2.27. The summed E-state index contributed by atoms with van der Waals surface area (Å²) >= 11 is 0. The molecule has 7 heteroatoms. The van der Waals surface area contributed by atoms with Gasteiger partial charge in [0.25, 0.3) is 10.0 Å². The van der Waals surface area contributed by atoms with Gasteiger partial charge in [-0.25, -0.2) is 8.42 Å². The number of amides is 1. The van der Waals surface area contributed by atoms with Gasteiger partial charge in [-0.15, -0.1) is 0 Å². The Morgan fingerprint density at radius 3 is 2.18 bits per heavy atom. The molecule has 1 saturated heterocycles. The average Bonchev–Trinajstić information content (AvgIpc) is 2.67. The number of rotatable bonds is 5. The van der Waals surface area contributed by atoms with Crippen molar-refractivity contribution in [3.05, 3.63) is 59.7 Å². The number of hydrogen-bond donors (Lipinski definition) is 0. The van der Waals surface area contributed by atoms with Crippen molar-refractivity contribution in [2.75, 3.05) is 44.1 Å². The zero-order valence-electron chi connectivity index (χ0n) is 16.6. The van der Waals surface area contributed by atoms with Gasteiger partial charge < -0.3 is 9.80 Å². The third-order valence-corrected chi connectivity index (χ3v) is 6.90. The van der Waals surface area contributed by atoms with Crippen LogP contribution in [0.25, 0.3) is 0 Å². The number of carbonyl (C=O) groups is 1. The molecule has 0 aromatic heterocycles. The van der Waals surface area contributed by atoms with Gasteiger partial charge in [0.05, 0.1) is 10.6 Å². The molecule has 1 aliphatic heterocycles. The fraction of sp³-hybridized carbons (Fsp3) is 0.381. The van der Waals surface area contributed by atoms with Crippen LogP contribution in [-0.4, -0.2) is 63.9 Å². The molecule has 150 valence electrons. The van der Waals surface area contributed by atoms with Crippen LogP contribution in [0.15, 0.2) is 53.4 Å². The van der Waals surface area contributed by atoms with Crippen LogP contribution in [0.3, 0.4) is 0 Å². The molecule has 1 fully saturated rings. The zero-order chi connectivity index (χ0) is 20.3. The first kappa shape index (κ1) is 20.4. The highest BCUT2D eigenvalue weighted by molar-refractivity contribution is 7.92. The standard InChI is InChI=1S/C21H27N3O3S/c1-17-8-10-19(11-9-17)28(26,27)24(20-7-5-4-6-18(20)2)16-21(25)23-14-12-22(3)13-15-23/h4-11H,12-16H2,1-3H3. The summed E-state index contributed by atoms with van der Waals surface area (Å²) in [5.41, 5.74) is 2.32. The summed E-state index contributed by atoms with van der Waals surface area (Å²) in [5.74, 6) is -0.174. The van der Waals surface area contributed by atoms with Crippen LogP contribution >= 0.6 is 0 Å². The second-order valence-electron chi connectivity index (χ2n) is 7.30. The molecule has 1 amide bonds. The Labute approximate surface area is 167 Å². The van der Waals surface area contributed by atoms with E-state index in [9.17, 15) is 13.2 Å². The van der Waals surface area contributed by atoms with Crippen molar-refractivity contribution in [2.24, 2.45) is 0 Å². The lowest BCUT2D eigenvalue weighted by molar-refractivity contribution is -0.131. The third-order valence-electron chi connectivity index (χ3n) is 5.13. The summed E-state index contributed by atoms with van der Waals surface area (Å²) in [6.45, 7) is 6.37. The zero-order valence-corrected chi connectivity index (χ0v) is 17.4. The van der Waals surface area contributed by atoms with E-state index in [-0.39, 0.29) is 17.3 Å². The molecule has 1 aliphatic rings. The van der Waals surface area contributed by atoms with Crippen molar-refractivity contribution in [1.82, 2.24) is 9.80 Å². The van der Waals surface area contributed by atoms with E-state index >= 15 is 0 Å². The molecule has 3 rings (SSSR count). The maximum atomic E-state index is 13.4. The number of nitrogens with zero attached hydrogens (tertiary/aromatic N) is 3. The maximum Gasteiger partial charge on any atom is 0.264 e. The van der Waals surface area contributed by atoms with E-state index in [1.54, 1.807) is 41.3 Å². The molecule has 0 aliphatic carbocycles. The van der Waals surface area contributed by atoms with E-state index in [4.69, 9.17) is 0 Å². The van der Waals surface area contributed by atoms with Crippen molar-refractivity contribution in [3.8, 4) is 0 Å². The van der Waals surface area contributed by atoms with Gasteiger partial charge in [0, 0.05) is 26.2 Å². The van der Waals surface area contributed by atoms with Crippen LogP contribution in [0.4, 0.5) is 5.69 Å². The molecule has 0 bridgehead atoms. The first-order valence-corrected chi connectivity index (χ1v) is 10.8. The van der Waals surface area contributed by atoms with Gasteiger partial charge >= 0.3 is 0 Å². The molecular formula is C21H27N3O3S. The first-order chi connectivity index (χ1) is 13.3. The van der Waals surface area contributed by atoms with Crippen molar-refractivity contribution in [1.29, 1.82) is 0 Å². The summed E-state index contributed by atoms with van der Waals surface area (Å²) in [4.78, 5) is 17.0. The van der Waals surface area contributed by atoms with E-state index in [0.717, 1.165) is 24.2 Å². The number of piperazine rings is 1. The molecule has 0 atom stereocenters. The number of likely N-dealkylation sites (N-methyl/N-ethyl adjacent to an activating group) is 1. The van der Waals surface area contributed by atoms with Crippen LogP contribution < -0.4 is 4.31 Å². The normalized spacial score (nSPS) is 15.5. The number of carbonyl (C=O) groups excluding carboxylic acids is 1. The fourth-order valence-corrected chi connectivity index (χ4v) is 4.74. The number of benzene rings is 2. The second-order valence-corrected chi connectivity index (χ2v) is 9.16. The number of para-hydroxylation sites is 1. The monoisotopic (exact) mass is 401 g/mol. The van der Waals surface area contributed by atoms with E-state index in [1.165, 1.54) is 4.31 Å². The van der Waals surface area contributed by atoms with Crippen molar-refractivity contribution in [3.63, 3.8) is 0 Å². The lowest BCUT2D eigenvalue weighted by Crippen LogP contribution is -2.51. The summed E-state index contributed by atoms with van der Waals surface area (Å²) in [6.07, 6.45) is 0. The molecule has 6 nitrogen and oxygen atoms in total. The average molecular weight is 402 g/mol. The third kappa shape index (κ3) is 4.36. The predicted molar refractivity (Wildman–Crippen MR) is 111 cm³/mol. The first-order valence-electron chi connectivity index (χ1n) is 9.40. The molecule has 0 radical (unpaired) electrons. The minimum atomic E-state index is -3.86. The molecule has 0 N–H and O–H groups in total. The Hall–Kier alpha value is -2.38. The number of aryl methyl sites for hydroxylation is 2. The van der Waals surface area contributed by atoms with E-state index in [0.29, 0.717) is 18.8 Å². The van der Waals surface area contributed by atoms with Crippen LogP contribution in [0.5, 0.6) is 0 Å². The van der Waals surface area contributed by atoms with E-state index < -0.39 is 10.0 Å². The molecule has 0 unspecified atom stereocenters. The minimum Gasteiger partial charge on any atom is -0.339 e. The molecule has 28 heavy (non-hydrogen) atoms. The minimum absolute atomic E-state index is 0.174. The smallest absolute Gasteiger partial charge is 0.264 e. The Morgan fingerprint density at radius 2 is 1.57 bits per heavy atom. The summed E-state index contributed by atoms with van der Waals surface area (Å²) in [7, 11) is -1.85. The molecule has 2 aromatic carbocycles. The largest absolute Gasteiger partial charge is 0.339 e. The van der Waals surface area contributed by atoms with Crippen LogP contribution in [-0.2, 0) is 14.8 Å². The summed E-state index contributed by atoms with van der Waals surface area (Å²) in [6, 6.07) is 14.0. The summed E-state index contributed by atoms with van der Waals surface area (Å²) < 4.78 is 28.1. The van der Waals surface area contributed by atoms with Crippen molar-refractivity contribution < 1.29 is 13.2 Å². The van der Waals surface area contributed by atoms with Gasteiger partial charge in [-0.1, -0.05) is 35.9 Å². The molecule has 2 aromatic rings. The van der Waals surface area contributed by atoms with Gasteiger partial charge in [-0.3, -0.25) is 9.10 Å². The Morgan fingerprint density at radius 1 is 0.964 bits per heavy atom. The summed E-state index contributed by atoms with van der Waals surface area (Å²) in [5, 5.41) is 0. The number of sulfonamides is 1. The van der Waals surface area contributed by atoms with Crippen molar-refractivity contribution >= 4 is 21.6 Å². The second kappa shape index (κ2) is 8.32. The molecular weight excluding hydrogens is 374 g/mol. The van der Waals surface area contributed by atoms with Crippen LogP contribution in [0.1, 0.15) is 11.1 Å². The van der Waals surface area contributed by atoms with Gasteiger partial charge in [0.15, 0.2) is 0 Å². The maximum absolute atomic E-state index is 13.4. The molecule has 0 saturated carbocycles. The molecule has 0 spiro atoms. The van der Waals surface area contributed by atoms with Gasteiger partial charge in [-0.2, -0.15) is 0 Å². The highest BCUT2D eigenvalue weighted by atomic mass is 32.2. The lowest BCUT2D eigenvalue weighted by Gasteiger charge is -2.34. The number of anilines is 1. The van der Waals surface area contributed by atoms with Crippen LogP contribution in [0.2, 0.25) is 0 Å². The SMILES string of the molecule is Cc1ccc(S(=O)(=O)N(CC(=O)N2CCN(C)CC2)c2ccccc2C)cc1. The highest BCUT2D eigenvalue weighted by Gasteiger charge is 2.30. The topological polar surface area (TPSA) is 60.9 Å². The predicted octanol–water partition coefficient (Wildman–Crippen LogP) is 2.27. The Balaban J connectivity index is 1.95. The van der Waals surface area contributed by atoms with Gasteiger partial charge in [-0.05, 0) is 44.7 Å². The lowest BCUT2D eigenvalue weighted by atomic mass is 10.2. The van der Waals surface area contributed by atoms with Crippen molar-refractivity contribution in [2.45, 2.75) is 18.7 Å². The Kier molecular flexibility index (Phi) is 6.05. The quantitative estimate of drug-likeness (QED) is 0.771. The van der Waals surface area contributed by atoms with E-state index in [1.807, 2.05) is 33.0 Å². The van der Waals surface area contributed by atoms with Gasteiger partial charge in [0.2, 0.25) is 5.91 Å². The van der Waals surface area contributed by atoms with E-state index in [2.05, 4.69) is 4.90 Å². The molecule has 1 heterocycles.